The molecule has 1 heterocycles. The van der Waals surface area contributed by atoms with Crippen molar-refractivity contribution in [2.24, 2.45) is 0 Å². The maximum Gasteiger partial charge on any atom is 0.160 e. The van der Waals surface area contributed by atoms with Gasteiger partial charge < -0.3 is 5.11 Å². The average Bonchev–Trinajstić information content (AvgIpc) is 2.56. The molecule has 0 saturated carbocycles. The van der Waals surface area contributed by atoms with Crippen molar-refractivity contribution in [3.05, 3.63) is 21.9 Å². The number of aliphatic hydroxyl groups is 1. The van der Waals surface area contributed by atoms with Crippen molar-refractivity contribution >= 4 is 30.4 Å². The van der Waals surface area contributed by atoms with Crippen LogP contribution in [0.25, 0.3) is 0 Å². The Labute approximate surface area is 88.3 Å². The van der Waals surface area contributed by atoms with Crippen LogP contribution in [0.3, 0.4) is 0 Å². The molecule has 0 aliphatic rings. The molecule has 0 atom stereocenters. The number of thiophene rings is 1. The summed E-state index contributed by atoms with van der Waals surface area (Å²) in [6.07, 6.45) is 0.873. The van der Waals surface area contributed by atoms with Crippen molar-refractivity contribution in [3.8, 4) is 0 Å². The monoisotopic (exact) mass is 221 g/mol. The van der Waals surface area contributed by atoms with Crippen LogP contribution in [0.1, 0.15) is 15.2 Å². The van der Waals surface area contributed by atoms with E-state index in [0.29, 0.717) is 0 Å². The smallest absolute Gasteiger partial charge is 0.160 e. The predicted octanol–water partition coefficient (Wildman–Crippen LogP) is 1.53. The van der Waals surface area contributed by atoms with E-state index in [0.717, 1.165) is 23.8 Å². The Morgan fingerprint density at radius 3 is 2.23 bits per heavy atom. The number of thiol groups is 1. The molecule has 1 rings (SSSR count). The van der Waals surface area contributed by atoms with Crippen molar-refractivity contribution in [1.29, 1.82) is 0 Å². The third-order valence-corrected chi connectivity index (χ3v) is 1.84. The molecule has 0 spiro atoms. The summed E-state index contributed by atoms with van der Waals surface area (Å²) in [6, 6.07) is 1.87. The van der Waals surface area contributed by atoms with Crippen LogP contribution in [0.15, 0.2) is 11.4 Å². The van der Waals surface area contributed by atoms with Crippen LogP contribution in [0.2, 0.25) is 0 Å². The highest BCUT2D eigenvalue weighted by atomic mass is 32.1. The minimum absolute atomic E-state index is 0.808. The minimum atomic E-state index is 0.808. The molecule has 1 aromatic rings. The lowest BCUT2D eigenvalue weighted by atomic mass is 10.4. The van der Waals surface area contributed by atoms with Gasteiger partial charge >= 0.3 is 0 Å². The average molecular weight is 221 g/mol. The number of nitrogens with one attached hydrogen (secondary N) is 1. The highest BCUT2D eigenvalue weighted by molar-refractivity contribution is 7.78. The van der Waals surface area contributed by atoms with Gasteiger partial charge in [-0.05, 0) is 31.0 Å². The van der Waals surface area contributed by atoms with Crippen LogP contribution in [-0.4, -0.2) is 25.6 Å². The Morgan fingerprint density at radius 1 is 1.62 bits per heavy atom. The fraction of sp³-hybridized carbons (Fsp3) is 0.375. The van der Waals surface area contributed by atoms with Crippen molar-refractivity contribution in [3.63, 3.8) is 0 Å². The van der Waals surface area contributed by atoms with Crippen LogP contribution in [0.4, 0.5) is 0 Å². The first-order chi connectivity index (χ1) is 6.24. The first-order valence-corrected chi connectivity index (χ1v) is 4.83. The van der Waals surface area contributed by atoms with Gasteiger partial charge in [-0.25, -0.2) is 0 Å². The molecular formula is C8H15NO2S2. The van der Waals surface area contributed by atoms with Crippen molar-refractivity contribution in [2.75, 3.05) is 14.2 Å². The van der Waals surface area contributed by atoms with Crippen LogP contribution < -0.4 is 4.72 Å². The third-order valence-electron chi connectivity index (χ3n) is 0.867. The van der Waals surface area contributed by atoms with Gasteiger partial charge in [0.2, 0.25) is 0 Å². The van der Waals surface area contributed by atoms with E-state index in [9.17, 15) is 4.79 Å². The SMILES string of the molecule is CNS.CO.Cc1csc(C=O)c1. The molecule has 0 amide bonds. The fourth-order valence-electron chi connectivity index (χ4n) is 0.515. The summed E-state index contributed by atoms with van der Waals surface area (Å²) >= 11 is 5.02. The van der Waals surface area contributed by atoms with Gasteiger partial charge in [-0.1, -0.05) is 12.8 Å². The number of aldehydes is 1. The number of aliphatic hydroxyl groups excluding tert-OH is 1. The second kappa shape index (κ2) is 11.6. The Bertz CT molecular complexity index is 214. The number of hydrogen-bond acceptors (Lipinski definition) is 5. The third kappa shape index (κ3) is 9.55. The number of carbonyl (C=O) groups is 1. The number of aryl methyl sites for hydroxylation is 1. The lowest BCUT2D eigenvalue weighted by Gasteiger charge is -1.70. The Balaban J connectivity index is 0. The lowest BCUT2D eigenvalue weighted by molar-refractivity contribution is 0.112. The van der Waals surface area contributed by atoms with Crippen LogP contribution in [0.5, 0.6) is 0 Å². The maximum atomic E-state index is 10.0. The highest BCUT2D eigenvalue weighted by Crippen LogP contribution is 2.09. The lowest BCUT2D eigenvalue weighted by Crippen LogP contribution is -1.76. The van der Waals surface area contributed by atoms with E-state index in [-0.39, 0.29) is 0 Å². The Morgan fingerprint density at radius 2 is 2.08 bits per heavy atom. The molecule has 0 aliphatic carbocycles. The van der Waals surface area contributed by atoms with Crippen molar-refractivity contribution in [1.82, 2.24) is 4.72 Å². The molecule has 1 aromatic heterocycles. The molecule has 0 radical (unpaired) electrons. The van der Waals surface area contributed by atoms with Crippen LogP contribution >= 0.6 is 24.2 Å². The summed E-state index contributed by atoms with van der Waals surface area (Å²) in [6.45, 7) is 1.98. The van der Waals surface area contributed by atoms with Crippen molar-refractivity contribution < 1.29 is 9.90 Å². The molecule has 2 N–H and O–H groups in total. The summed E-state index contributed by atoms with van der Waals surface area (Å²) in [5.41, 5.74) is 1.16. The van der Waals surface area contributed by atoms with Gasteiger partial charge in [0.25, 0.3) is 0 Å². The Hall–Kier alpha value is -0.360. The second-order valence-electron chi connectivity index (χ2n) is 1.87. The normalized spacial score (nSPS) is 7.46. The van der Waals surface area contributed by atoms with E-state index < -0.39 is 0 Å². The van der Waals surface area contributed by atoms with Crippen LogP contribution in [0, 0.1) is 6.92 Å². The molecule has 0 unspecified atom stereocenters. The van der Waals surface area contributed by atoms with E-state index in [4.69, 9.17) is 5.11 Å². The molecular weight excluding hydrogens is 206 g/mol. The molecule has 0 bridgehead atoms. The predicted molar refractivity (Wildman–Crippen MR) is 60.6 cm³/mol. The largest absolute Gasteiger partial charge is 0.400 e. The Kier molecular flexibility index (Phi) is 13.5. The summed E-state index contributed by atoms with van der Waals surface area (Å²) in [4.78, 5) is 10.8. The van der Waals surface area contributed by atoms with Gasteiger partial charge in [0, 0.05) is 7.11 Å². The van der Waals surface area contributed by atoms with Gasteiger partial charge in [-0.2, -0.15) is 0 Å². The molecule has 0 aliphatic heterocycles. The van der Waals surface area contributed by atoms with E-state index in [2.05, 4.69) is 17.5 Å². The maximum absolute atomic E-state index is 10.0. The molecule has 0 saturated heterocycles. The summed E-state index contributed by atoms with van der Waals surface area (Å²) in [5.74, 6) is 0. The quantitative estimate of drug-likeness (QED) is 0.498. The summed E-state index contributed by atoms with van der Waals surface area (Å²) in [5, 5.41) is 8.96. The van der Waals surface area contributed by atoms with Gasteiger partial charge in [0.05, 0.1) is 4.88 Å². The van der Waals surface area contributed by atoms with E-state index in [1.165, 1.54) is 11.3 Å². The molecule has 13 heavy (non-hydrogen) atoms. The highest BCUT2D eigenvalue weighted by Gasteiger charge is 1.89. The molecule has 5 heteroatoms. The number of hydrogen-bond donors (Lipinski definition) is 3. The minimum Gasteiger partial charge on any atom is -0.400 e. The molecule has 0 fully saturated rings. The molecule has 76 valence electrons. The van der Waals surface area contributed by atoms with Crippen molar-refractivity contribution in [2.45, 2.75) is 6.92 Å². The zero-order chi connectivity index (χ0) is 10.7. The van der Waals surface area contributed by atoms with Gasteiger partial charge in [0.1, 0.15) is 0 Å². The molecule has 3 nitrogen and oxygen atoms in total. The van der Waals surface area contributed by atoms with E-state index in [1.807, 2.05) is 18.4 Å². The zero-order valence-electron chi connectivity index (χ0n) is 7.94. The standard InChI is InChI=1S/C6H6OS.CH5NS.CH4O/c1-5-2-6(3-7)8-4-5;1-2-3;1-2/h2-4H,1H3;2-3H,1H3;2H,1H3. The van der Waals surface area contributed by atoms with Gasteiger partial charge in [0.15, 0.2) is 6.29 Å². The van der Waals surface area contributed by atoms with Gasteiger partial charge in [-0.3, -0.25) is 9.52 Å². The van der Waals surface area contributed by atoms with Crippen LogP contribution in [-0.2, 0) is 0 Å². The molecule has 0 aromatic carbocycles. The number of carbonyl (C=O) groups excluding carboxylic acids is 1. The summed E-state index contributed by atoms with van der Waals surface area (Å²) < 4.78 is 2.44. The second-order valence-corrected chi connectivity index (χ2v) is 3.26. The van der Waals surface area contributed by atoms with Gasteiger partial charge in [-0.15, -0.1) is 11.3 Å². The summed E-state index contributed by atoms with van der Waals surface area (Å²) in [7, 11) is 2.74. The van der Waals surface area contributed by atoms with E-state index >= 15 is 0 Å². The fourth-order valence-corrected chi connectivity index (χ4v) is 1.21. The van der Waals surface area contributed by atoms with E-state index in [1.54, 1.807) is 7.05 Å². The first kappa shape index (κ1) is 15.1. The zero-order valence-corrected chi connectivity index (χ0v) is 9.65. The number of rotatable bonds is 1. The first-order valence-electron chi connectivity index (χ1n) is 3.50. The topological polar surface area (TPSA) is 49.3 Å².